The number of furan rings is 1. The third kappa shape index (κ3) is 3.61. The lowest BCUT2D eigenvalue weighted by molar-refractivity contribution is 0.0686. The Kier molecular flexibility index (Phi) is 4.73. The first kappa shape index (κ1) is 17.9. The number of likely N-dealkylation sites (tertiary alicyclic amines) is 1. The highest BCUT2D eigenvalue weighted by Gasteiger charge is 2.25. The average Bonchev–Trinajstić information content (AvgIpc) is 3.48. The minimum absolute atomic E-state index is 0.0410. The molecule has 146 valence electrons. The SMILES string of the molecule is O=C(c1ccco1)N1CCC(Nc2nc(-c3ccsc3)nc3ccccc23)CC1. The van der Waals surface area contributed by atoms with Crippen molar-refractivity contribution in [3.63, 3.8) is 0 Å². The van der Waals surface area contributed by atoms with E-state index in [0.717, 1.165) is 41.0 Å². The van der Waals surface area contributed by atoms with Crippen LogP contribution in [0.4, 0.5) is 5.82 Å². The summed E-state index contributed by atoms with van der Waals surface area (Å²) in [4.78, 5) is 23.9. The quantitative estimate of drug-likeness (QED) is 0.535. The standard InChI is InChI=1S/C22H20N4O2S/c27-22(19-6-3-12-28-19)26-10-7-16(8-11-26)23-21-17-4-1-2-5-18(17)24-20(25-21)15-9-13-29-14-15/h1-6,9,12-14,16H,7-8,10-11H2,(H,23,24,25). The summed E-state index contributed by atoms with van der Waals surface area (Å²) < 4.78 is 5.24. The minimum atomic E-state index is -0.0410. The molecular formula is C22H20N4O2S. The van der Waals surface area contributed by atoms with Gasteiger partial charge >= 0.3 is 0 Å². The number of carbonyl (C=O) groups is 1. The number of carbonyl (C=O) groups excluding carboxylic acids is 1. The fourth-order valence-electron chi connectivity index (χ4n) is 3.68. The second-order valence-electron chi connectivity index (χ2n) is 7.11. The van der Waals surface area contributed by atoms with Crippen LogP contribution in [0.5, 0.6) is 0 Å². The zero-order valence-electron chi connectivity index (χ0n) is 15.7. The lowest BCUT2D eigenvalue weighted by Gasteiger charge is -2.32. The van der Waals surface area contributed by atoms with Crippen molar-refractivity contribution in [1.29, 1.82) is 0 Å². The van der Waals surface area contributed by atoms with Crippen LogP contribution in [0.3, 0.4) is 0 Å². The van der Waals surface area contributed by atoms with Gasteiger partial charge in [-0.2, -0.15) is 11.3 Å². The number of anilines is 1. The molecule has 1 N–H and O–H groups in total. The van der Waals surface area contributed by atoms with Crippen LogP contribution in [0.25, 0.3) is 22.3 Å². The maximum Gasteiger partial charge on any atom is 0.289 e. The highest BCUT2D eigenvalue weighted by Crippen LogP contribution is 2.28. The molecule has 0 spiro atoms. The smallest absolute Gasteiger partial charge is 0.289 e. The summed E-state index contributed by atoms with van der Waals surface area (Å²) in [6.45, 7) is 1.38. The van der Waals surface area contributed by atoms with Crippen molar-refractivity contribution in [3.05, 3.63) is 65.2 Å². The fraction of sp³-hybridized carbons (Fsp3) is 0.227. The molecule has 3 aromatic heterocycles. The van der Waals surface area contributed by atoms with Crippen LogP contribution in [0.15, 0.2) is 63.9 Å². The zero-order chi connectivity index (χ0) is 19.6. The number of rotatable bonds is 4. The first-order valence-corrected chi connectivity index (χ1v) is 10.6. The molecule has 1 amide bonds. The molecule has 0 unspecified atom stereocenters. The van der Waals surface area contributed by atoms with Gasteiger partial charge in [0.25, 0.3) is 5.91 Å². The molecule has 4 heterocycles. The number of thiophene rings is 1. The van der Waals surface area contributed by atoms with Gasteiger partial charge in [-0.25, -0.2) is 9.97 Å². The van der Waals surface area contributed by atoms with Gasteiger partial charge < -0.3 is 14.6 Å². The molecule has 0 radical (unpaired) electrons. The number of hydrogen-bond acceptors (Lipinski definition) is 6. The number of benzene rings is 1. The van der Waals surface area contributed by atoms with Crippen LogP contribution in [0, 0.1) is 0 Å². The molecule has 0 atom stereocenters. The Labute approximate surface area is 172 Å². The third-order valence-electron chi connectivity index (χ3n) is 5.24. The lowest BCUT2D eigenvalue weighted by Crippen LogP contribution is -2.42. The average molecular weight is 404 g/mol. The van der Waals surface area contributed by atoms with Gasteiger partial charge in [0, 0.05) is 35.5 Å². The topological polar surface area (TPSA) is 71.3 Å². The van der Waals surface area contributed by atoms with E-state index >= 15 is 0 Å². The number of fused-ring (bicyclic) bond motifs is 1. The van der Waals surface area contributed by atoms with Gasteiger partial charge in [-0.15, -0.1) is 0 Å². The Bertz CT molecular complexity index is 1120. The van der Waals surface area contributed by atoms with Crippen LogP contribution in [-0.4, -0.2) is 39.9 Å². The van der Waals surface area contributed by atoms with Crippen LogP contribution >= 0.6 is 11.3 Å². The van der Waals surface area contributed by atoms with Gasteiger partial charge in [0.1, 0.15) is 5.82 Å². The molecule has 1 aliphatic rings. The van der Waals surface area contributed by atoms with E-state index in [1.165, 1.54) is 6.26 Å². The summed E-state index contributed by atoms with van der Waals surface area (Å²) >= 11 is 1.64. The summed E-state index contributed by atoms with van der Waals surface area (Å²) in [7, 11) is 0. The summed E-state index contributed by atoms with van der Waals surface area (Å²) in [5.41, 5.74) is 1.96. The van der Waals surface area contributed by atoms with Crippen LogP contribution in [-0.2, 0) is 0 Å². The maximum atomic E-state index is 12.5. The Hall–Kier alpha value is -3.19. The fourth-order valence-corrected chi connectivity index (χ4v) is 4.32. The lowest BCUT2D eigenvalue weighted by atomic mass is 10.0. The van der Waals surface area contributed by atoms with Crippen molar-refractivity contribution in [2.75, 3.05) is 18.4 Å². The van der Waals surface area contributed by atoms with Gasteiger partial charge in [0.05, 0.1) is 11.8 Å². The summed E-state index contributed by atoms with van der Waals surface area (Å²) in [6, 6.07) is 13.8. The number of nitrogens with one attached hydrogen (secondary N) is 1. The van der Waals surface area contributed by atoms with Crippen molar-refractivity contribution in [3.8, 4) is 11.4 Å². The number of hydrogen-bond donors (Lipinski definition) is 1. The molecule has 5 rings (SSSR count). The first-order valence-electron chi connectivity index (χ1n) is 9.66. The molecule has 4 aromatic rings. The molecule has 1 fully saturated rings. The van der Waals surface area contributed by atoms with E-state index in [1.807, 2.05) is 40.6 Å². The minimum Gasteiger partial charge on any atom is -0.459 e. The molecule has 1 aromatic carbocycles. The van der Waals surface area contributed by atoms with E-state index in [9.17, 15) is 4.79 Å². The van der Waals surface area contributed by atoms with Gasteiger partial charge in [-0.05, 0) is 48.6 Å². The van der Waals surface area contributed by atoms with Gasteiger partial charge in [-0.3, -0.25) is 4.79 Å². The predicted molar refractivity (Wildman–Crippen MR) is 114 cm³/mol. The molecular weight excluding hydrogens is 384 g/mol. The Morgan fingerprint density at radius 3 is 2.72 bits per heavy atom. The number of nitrogens with zero attached hydrogens (tertiary/aromatic N) is 3. The van der Waals surface area contributed by atoms with E-state index in [2.05, 4.69) is 10.7 Å². The number of aromatic nitrogens is 2. The Morgan fingerprint density at radius 1 is 1.10 bits per heavy atom. The van der Waals surface area contributed by atoms with E-state index < -0.39 is 0 Å². The van der Waals surface area contributed by atoms with Crippen molar-refractivity contribution in [1.82, 2.24) is 14.9 Å². The molecule has 7 heteroatoms. The molecule has 1 aliphatic heterocycles. The summed E-state index contributed by atoms with van der Waals surface area (Å²) in [5, 5.41) is 8.72. The Balaban J connectivity index is 1.35. The van der Waals surface area contributed by atoms with Crippen molar-refractivity contribution < 1.29 is 9.21 Å². The molecule has 0 aliphatic carbocycles. The first-order chi connectivity index (χ1) is 14.3. The van der Waals surface area contributed by atoms with Gasteiger partial charge in [-0.1, -0.05) is 12.1 Å². The van der Waals surface area contributed by atoms with E-state index in [0.29, 0.717) is 18.8 Å². The maximum absolute atomic E-state index is 12.5. The normalized spacial score (nSPS) is 15.0. The van der Waals surface area contributed by atoms with Crippen molar-refractivity contribution in [2.24, 2.45) is 0 Å². The predicted octanol–water partition coefficient (Wildman–Crippen LogP) is 4.67. The highest BCUT2D eigenvalue weighted by molar-refractivity contribution is 7.08. The zero-order valence-corrected chi connectivity index (χ0v) is 16.6. The van der Waals surface area contributed by atoms with Crippen LogP contribution < -0.4 is 5.32 Å². The molecule has 0 saturated carbocycles. The van der Waals surface area contributed by atoms with E-state index in [-0.39, 0.29) is 11.9 Å². The van der Waals surface area contributed by atoms with Crippen molar-refractivity contribution >= 4 is 34.0 Å². The summed E-state index contributed by atoms with van der Waals surface area (Å²) in [5.74, 6) is 1.95. The van der Waals surface area contributed by atoms with Crippen LogP contribution in [0.1, 0.15) is 23.4 Å². The van der Waals surface area contributed by atoms with E-state index in [1.54, 1.807) is 23.5 Å². The van der Waals surface area contributed by atoms with Gasteiger partial charge in [0.2, 0.25) is 0 Å². The second kappa shape index (κ2) is 7.67. The molecule has 1 saturated heterocycles. The monoisotopic (exact) mass is 404 g/mol. The molecule has 6 nitrogen and oxygen atoms in total. The third-order valence-corrected chi connectivity index (χ3v) is 5.92. The number of piperidine rings is 1. The van der Waals surface area contributed by atoms with E-state index in [4.69, 9.17) is 14.4 Å². The van der Waals surface area contributed by atoms with Crippen LogP contribution in [0.2, 0.25) is 0 Å². The summed E-state index contributed by atoms with van der Waals surface area (Å²) in [6.07, 6.45) is 3.25. The van der Waals surface area contributed by atoms with Crippen molar-refractivity contribution in [2.45, 2.75) is 18.9 Å². The number of para-hydroxylation sites is 1. The number of amides is 1. The molecule has 29 heavy (non-hydrogen) atoms. The van der Waals surface area contributed by atoms with Gasteiger partial charge in [0.15, 0.2) is 11.6 Å². The second-order valence-corrected chi connectivity index (χ2v) is 7.89. The highest BCUT2D eigenvalue weighted by atomic mass is 32.1. The largest absolute Gasteiger partial charge is 0.459 e. The Morgan fingerprint density at radius 2 is 1.97 bits per heavy atom. The molecule has 0 bridgehead atoms.